The molecular formula is C15H13NOS. The fraction of sp³-hybridized carbons (Fsp3) is 0.133. The number of fused-ring (bicyclic) bond motifs is 1. The molecule has 0 radical (unpaired) electrons. The van der Waals surface area contributed by atoms with Crippen LogP contribution in [0.1, 0.15) is 17.4 Å². The maximum atomic E-state index is 10.7. The number of aliphatic hydroxyl groups is 1. The van der Waals surface area contributed by atoms with E-state index < -0.39 is 5.60 Å². The zero-order chi connectivity index (χ0) is 12.6. The van der Waals surface area contributed by atoms with Gasteiger partial charge in [-0.3, -0.25) is 4.98 Å². The van der Waals surface area contributed by atoms with E-state index in [1.165, 1.54) is 10.1 Å². The molecule has 1 atom stereocenters. The van der Waals surface area contributed by atoms with Crippen molar-refractivity contribution >= 4 is 21.4 Å². The summed E-state index contributed by atoms with van der Waals surface area (Å²) in [7, 11) is 0. The molecule has 0 fully saturated rings. The zero-order valence-corrected chi connectivity index (χ0v) is 10.8. The van der Waals surface area contributed by atoms with Crippen molar-refractivity contribution in [1.29, 1.82) is 0 Å². The van der Waals surface area contributed by atoms with Crippen molar-refractivity contribution in [3.8, 4) is 0 Å². The molecule has 90 valence electrons. The molecule has 0 saturated heterocycles. The quantitative estimate of drug-likeness (QED) is 0.759. The molecule has 0 aliphatic rings. The van der Waals surface area contributed by atoms with E-state index in [9.17, 15) is 5.11 Å². The standard InChI is InChI=1S/C15H13NOS/c1-15(17,12-6-4-8-16-10-12)14-9-11-5-2-3-7-13(11)18-14/h2-10,17H,1H3. The van der Waals surface area contributed by atoms with Gasteiger partial charge < -0.3 is 5.11 Å². The lowest BCUT2D eigenvalue weighted by molar-refractivity contribution is 0.106. The first-order chi connectivity index (χ1) is 8.68. The topological polar surface area (TPSA) is 33.1 Å². The Morgan fingerprint density at radius 3 is 2.72 bits per heavy atom. The van der Waals surface area contributed by atoms with Crippen molar-refractivity contribution < 1.29 is 5.11 Å². The summed E-state index contributed by atoms with van der Waals surface area (Å²) < 4.78 is 1.19. The van der Waals surface area contributed by atoms with E-state index >= 15 is 0 Å². The van der Waals surface area contributed by atoms with Crippen molar-refractivity contribution in [2.24, 2.45) is 0 Å². The molecule has 0 saturated carbocycles. The molecule has 0 amide bonds. The van der Waals surface area contributed by atoms with Crippen LogP contribution in [0.5, 0.6) is 0 Å². The lowest BCUT2D eigenvalue weighted by Crippen LogP contribution is -2.21. The number of pyridine rings is 1. The van der Waals surface area contributed by atoms with Gasteiger partial charge in [0.1, 0.15) is 5.60 Å². The second kappa shape index (κ2) is 4.19. The normalized spacial score (nSPS) is 14.6. The molecule has 1 N–H and O–H groups in total. The highest BCUT2D eigenvalue weighted by atomic mass is 32.1. The molecule has 0 aliphatic carbocycles. The molecule has 0 spiro atoms. The number of hydrogen-bond donors (Lipinski definition) is 1. The van der Waals surface area contributed by atoms with E-state index in [4.69, 9.17) is 0 Å². The summed E-state index contributed by atoms with van der Waals surface area (Å²) in [6.07, 6.45) is 3.43. The first-order valence-corrected chi connectivity index (χ1v) is 6.61. The monoisotopic (exact) mass is 255 g/mol. The van der Waals surface area contributed by atoms with Crippen molar-refractivity contribution in [2.45, 2.75) is 12.5 Å². The van der Waals surface area contributed by atoms with Gasteiger partial charge in [0.25, 0.3) is 0 Å². The van der Waals surface area contributed by atoms with E-state index in [0.29, 0.717) is 0 Å². The molecule has 2 aromatic heterocycles. The summed E-state index contributed by atoms with van der Waals surface area (Å²) in [5.41, 5.74) is -0.172. The predicted molar refractivity (Wildman–Crippen MR) is 74.7 cm³/mol. The number of nitrogens with zero attached hydrogens (tertiary/aromatic N) is 1. The van der Waals surface area contributed by atoms with Gasteiger partial charge in [0.15, 0.2) is 0 Å². The van der Waals surface area contributed by atoms with Crippen LogP contribution in [0, 0.1) is 0 Å². The Morgan fingerprint density at radius 2 is 2.00 bits per heavy atom. The first-order valence-electron chi connectivity index (χ1n) is 5.80. The van der Waals surface area contributed by atoms with Crippen LogP contribution >= 0.6 is 11.3 Å². The average molecular weight is 255 g/mol. The van der Waals surface area contributed by atoms with E-state index in [0.717, 1.165) is 10.4 Å². The second-order valence-corrected chi connectivity index (χ2v) is 5.55. The average Bonchev–Trinajstić information content (AvgIpc) is 2.84. The van der Waals surface area contributed by atoms with Crippen molar-refractivity contribution in [3.05, 3.63) is 65.3 Å². The molecule has 1 aromatic carbocycles. The molecule has 2 heterocycles. The van der Waals surface area contributed by atoms with Gasteiger partial charge in [-0.1, -0.05) is 24.3 Å². The van der Waals surface area contributed by atoms with Crippen LogP contribution < -0.4 is 0 Å². The van der Waals surface area contributed by atoms with Crippen LogP contribution in [0.25, 0.3) is 10.1 Å². The van der Waals surface area contributed by atoms with Gasteiger partial charge in [-0.25, -0.2) is 0 Å². The lowest BCUT2D eigenvalue weighted by Gasteiger charge is -2.21. The van der Waals surface area contributed by atoms with Crippen LogP contribution in [-0.2, 0) is 5.60 Å². The number of hydrogen-bond acceptors (Lipinski definition) is 3. The molecule has 18 heavy (non-hydrogen) atoms. The Balaban J connectivity index is 2.13. The van der Waals surface area contributed by atoms with E-state index in [1.807, 2.05) is 37.3 Å². The molecule has 0 aliphatic heterocycles. The fourth-order valence-corrected chi connectivity index (χ4v) is 3.15. The van der Waals surface area contributed by atoms with E-state index in [2.05, 4.69) is 17.1 Å². The number of benzene rings is 1. The highest BCUT2D eigenvalue weighted by Crippen LogP contribution is 2.36. The minimum atomic E-state index is -0.988. The van der Waals surface area contributed by atoms with Crippen LogP contribution in [0.3, 0.4) is 0 Å². The summed E-state index contributed by atoms with van der Waals surface area (Å²) >= 11 is 1.62. The summed E-state index contributed by atoms with van der Waals surface area (Å²) in [5, 5.41) is 11.9. The van der Waals surface area contributed by atoms with Gasteiger partial charge in [-0.05, 0) is 30.5 Å². The molecular weight excluding hydrogens is 242 g/mol. The Morgan fingerprint density at radius 1 is 1.17 bits per heavy atom. The Labute approximate surface area is 110 Å². The number of aromatic nitrogens is 1. The van der Waals surface area contributed by atoms with Crippen LogP contribution in [0.15, 0.2) is 54.9 Å². The van der Waals surface area contributed by atoms with Crippen molar-refractivity contribution in [1.82, 2.24) is 4.98 Å². The predicted octanol–water partition coefficient (Wildman–Crippen LogP) is 3.55. The van der Waals surface area contributed by atoms with Gasteiger partial charge in [0.2, 0.25) is 0 Å². The first kappa shape index (κ1) is 11.4. The highest BCUT2D eigenvalue weighted by molar-refractivity contribution is 7.19. The van der Waals surface area contributed by atoms with Crippen molar-refractivity contribution in [2.75, 3.05) is 0 Å². The fourth-order valence-electron chi connectivity index (χ4n) is 2.01. The van der Waals surface area contributed by atoms with Crippen molar-refractivity contribution in [3.63, 3.8) is 0 Å². The largest absolute Gasteiger partial charge is 0.380 e. The van der Waals surface area contributed by atoms with Crippen LogP contribution in [0.4, 0.5) is 0 Å². The minimum absolute atomic E-state index is 0.816. The summed E-state index contributed by atoms with van der Waals surface area (Å²) in [5.74, 6) is 0. The smallest absolute Gasteiger partial charge is 0.122 e. The second-order valence-electron chi connectivity index (χ2n) is 4.46. The Kier molecular flexibility index (Phi) is 2.65. The van der Waals surface area contributed by atoms with Gasteiger partial charge in [-0.2, -0.15) is 0 Å². The van der Waals surface area contributed by atoms with Gasteiger partial charge in [0.05, 0.1) is 0 Å². The summed E-state index contributed by atoms with van der Waals surface area (Å²) in [6, 6.07) is 14.0. The Bertz CT molecular complexity index is 640. The third-order valence-corrected chi connectivity index (χ3v) is 4.46. The molecule has 3 aromatic rings. The SMILES string of the molecule is CC(O)(c1cccnc1)c1cc2ccccc2s1. The summed E-state index contributed by atoms with van der Waals surface area (Å²) in [4.78, 5) is 5.02. The molecule has 1 unspecified atom stereocenters. The maximum Gasteiger partial charge on any atom is 0.122 e. The van der Waals surface area contributed by atoms with E-state index in [1.54, 1.807) is 23.7 Å². The third kappa shape index (κ3) is 1.82. The summed E-state index contributed by atoms with van der Waals surface area (Å²) in [6.45, 7) is 1.81. The van der Waals surface area contributed by atoms with Crippen LogP contribution in [-0.4, -0.2) is 10.1 Å². The third-order valence-electron chi connectivity index (χ3n) is 3.13. The van der Waals surface area contributed by atoms with Gasteiger partial charge in [-0.15, -0.1) is 11.3 Å². The number of thiophene rings is 1. The highest BCUT2D eigenvalue weighted by Gasteiger charge is 2.27. The number of rotatable bonds is 2. The molecule has 0 bridgehead atoms. The van der Waals surface area contributed by atoms with Gasteiger partial charge >= 0.3 is 0 Å². The zero-order valence-electron chi connectivity index (χ0n) is 10.00. The van der Waals surface area contributed by atoms with Crippen LogP contribution in [0.2, 0.25) is 0 Å². The van der Waals surface area contributed by atoms with E-state index in [-0.39, 0.29) is 0 Å². The lowest BCUT2D eigenvalue weighted by atomic mass is 9.96. The maximum absolute atomic E-state index is 10.7. The Hall–Kier alpha value is -1.71. The molecule has 3 rings (SSSR count). The molecule has 3 heteroatoms. The van der Waals surface area contributed by atoms with Gasteiger partial charge in [0, 0.05) is 27.5 Å². The molecule has 2 nitrogen and oxygen atoms in total. The minimum Gasteiger partial charge on any atom is -0.380 e.